The summed E-state index contributed by atoms with van der Waals surface area (Å²) in [5.74, 6) is -0.423. The third-order valence-corrected chi connectivity index (χ3v) is 4.89. The fourth-order valence-electron chi connectivity index (χ4n) is 3.25. The van der Waals surface area contributed by atoms with Crippen molar-refractivity contribution in [1.29, 1.82) is 0 Å². The molecule has 1 aromatic rings. The molecule has 9 heteroatoms. The van der Waals surface area contributed by atoms with Crippen molar-refractivity contribution in [3.05, 3.63) is 35.9 Å². The molecular formula is C22H33N3O6. The highest BCUT2D eigenvalue weighted by atomic mass is 16.7. The molecular weight excluding hydrogens is 402 g/mol. The van der Waals surface area contributed by atoms with E-state index in [1.54, 1.807) is 0 Å². The molecule has 1 saturated heterocycles. The monoisotopic (exact) mass is 435 g/mol. The first-order valence-corrected chi connectivity index (χ1v) is 10.7. The number of ether oxygens (including phenoxy) is 1. The summed E-state index contributed by atoms with van der Waals surface area (Å²) in [6, 6.07) is 8.30. The van der Waals surface area contributed by atoms with Crippen molar-refractivity contribution in [3.63, 3.8) is 0 Å². The predicted molar refractivity (Wildman–Crippen MR) is 113 cm³/mol. The van der Waals surface area contributed by atoms with E-state index in [4.69, 9.17) is 9.57 Å². The Hall–Kier alpha value is -2.49. The summed E-state index contributed by atoms with van der Waals surface area (Å²) in [7, 11) is 0. The zero-order chi connectivity index (χ0) is 22.6. The molecule has 2 rings (SSSR count). The lowest BCUT2D eigenvalue weighted by Crippen LogP contribution is -2.51. The van der Waals surface area contributed by atoms with Crippen LogP contribution >= 0.6 is 0 Å². The molecule has 0 saturated carbocycles. The summed E-state index contributed by atoms with van der Waals surface area (Å²) >= 11 is 0. The third-order valence-electron chi connectivity index (χ3n) is 4.89. The largest absolute Gasteiger partial charge is 0.366 e. The molecule has 1 heterocycles. The molecule has 1 aromatic carbocycles. The van der Waals surface area contributed by atoms with Gasteiger partial charge in [-0.25, -0.2) is 5.06 Å². The predicted octanol–water partition coefficient (Wildman–Crippen LogP) is 1.11. The summed E-state index contributed by atoms with van der Waals surface area (Å²) in [6.07, 6.45) is 1.11. The molecule has 1 unspecified atom stereocenters. The number of amides is 3. The lowest BCUT2D eigenvalue weighted by molar-refractivity contribution is -0.177. The van der Waals surface area contributed by atoms with Crippen LogP contribution in [0, 0.1) is 5.92 Å². The van der Waals surface area contributed by atoms with Crippen molar-refractivity contribution in [3.8, 4) is 0 Å². The minimum Gasteiger partial charge on any atom is -0.366 e. The highest BCUT2D eigenvalue weighted by molar-refractivity contribution is 5.87. The Morgan fingerprint density at radius 2 is 2.06 bits per heavy atom. The lowest BCUT2D eigenvalue weighted by atomic mass is 10.0. The molecule has 31 heavy (non-hydrogen) atoms. The lowest BCUT2D eigenvalue weighted by Gasteiger charge is -2.23. The van der Waals surface area contributed by atoms with Crippen molar-refractivity contribution >= 4 is 18.2 Å². The molecule has 3 amide bonds. The van der Waals surface area contributed by atoms with Crippen molar-refractivity contribution in [2.75, 3.05) is 13.2 Å². The van der Waals surface area contributed by atoms with Gasteiger partial charge in [0.15, 0.2) is 6.29 Å². The molecule has 0 bridgehead atoms. The standard InChI is InChI=1S/C22H33N3O6/c1-16(2)13-19(21(28)24-18-10-12-30-22(18)29)23-20(27)9-6-11-25(15-26)31-14-17-7-4-3-5-8-17/h3-5,7-8,15-16,18-19,22,29H,6,9-14H2,1-2H3,(H,23,27)(H,24,28)/t18-,19-,22?/m0/s1. The number of nitrogens with zero attached hydrogens (tertiary/aromatic N) is 1. The maximum absolute atomic E-state index is 12.6. The number of hydrogen-bond donors (Lipinski definition) is 3. The van der Waals surface area contributed by atoms with Gasteiger partial charge in [0.25, 0.3) is 0 Å². The second kappa shape index (κ2) is 13.0. The summed E-state index contributed by atoms with van der Waals surface area (Å²) < 4.78 is 5.05. The number of rotatable bonds is 13. The Morgan fingerprint density at radius 1 is 1.32 bits per heavy atom. The van der Waals surface area contributed by atoms with Gasteiger partial charge in [0.05, 0.1) is 12.6 Å². The van der Waals surface area contributed by atoms with Crippen molar-refractivity contribution < 1.29 is 29.1 Å². The fraction of sp³-hybridized carbons (Fsp3) is 0.591. The number of hydrogen-bond acceptors (Lipinski definition) is 6. The Morgan fingerprint density at radius 3 is 2.68 bits per heavy atom. The minimum atomic E-state index is -1.02. The van der Waals surface area contributed by atoms with E-state index >= 15 is 0 Å². The van der Waals surface area contributed by atoms with Gasteiger partial charge in [0.1, 0.15) is 12.6 Å². The molecule has 0 aromatic heterocycles. The van der Waals surface area contributed by atoms with E-state index in [1.807, 2.05) is 44.2 Å². The summed E-state index contributed by atoms with van der Waals surface area (Å²) in [6.45, 7) is 4.83. The van der Waals surface area contributed by atoms with E-state index in [0.717, 1.165) is 5.56 Å². The SMILES string of the molecule is CC(C)C[C@H](NC(=O)CCCN(C=O)OCc1ccccc1)C(=O)N[C@H]1CCOC1O. The maximum Gasteiger partial charge on any atom is 0.242 e. The second-order valence-corrected chi connectivity index (χ2v) is 8.02. The molecule has 3 N–H and O–H groups in total. The van der Waals surface area contributed by atoms with Crippen LogP contribution in [-0.4, -0.2) is 59.9 Å². The smallest absolute Gasteiger partial charge is 0.242 e. The molecule has 0 radical (unpaired) electrons. The van der Waals surface area contributed by atoms with Crippen molar-refractivity contribution in [2.45, 2.75) is 64.5 Å². The van der Waals surface area contributed by atoms with Crippen molar-refractivity contribution in [1.82, 2.24) is 15.7 Å². The van der Waals surface area contributed by atoms with Crippen LogP contribution in [0.15, 0.2) is 30.3 Å². The maximum atomic E-state index is 12.6. The number of carbonyl (C=O) groups is 3. The van der Waals surface area contributed by atoms with Crippen LogP contribution in [0.2, 0.25) is 0 Å². The third kappa shape index (κ3) is 9.04. The summed E-state index contributed by atoms with van der Waals surface area (Å²) in [5.41, 5.74) is 0.937. The Balaban J connectivity index is 1.76. The first kappa shape index (κ1) is 24.8. The highest BCUT2D eigenvalue weighted by Crippen LogP contribution is 2.12. The highest BCUT2D eigenvalue weighted by Gasteiger charge is 2.30. The average Bonchev–Trinajstić information content (AvgIpc) is 3.14. The van der Waals surface area contributed by atoms with Crippen molar-refractivity contribution in [2.24, 2.45) is 5.92 Å². The second-order valence-electron chi connectivity index (χ2n) is 8.02. The van der Waals surface area contributed by atoms with E-state index in [-0.39, 0.29) is 37.3 Å². The van der Waals surface area contributed by atoms with E-state index in [2.05, 4.69) is 10.6 Å². The first-order valence-electron chi connectivity index (χ1n) is 10.7. The van der Waals surface area contributed by atoms with Gasteiger partial charge < -0.3 is 20.5 Å². The number of hydroxylamine groups is 2. The number of nitrogens with one attached hydrogen (secondary N) is 2. The van der Waals surface area contributed by atoms with E-state index in [1.165, 1.54) is 5.06 Å². The summed E-state index contributed by atoms with van der Waals surface area (Å²) in [5, 5.41) is 16.4. The van der Waals surface area contributed by atoms with E-state index in [0.29, 0.717) is 32.3 Å². The molecule has 0 spiro atoms. The molecule has 3 atom stereocenters. The number of aliphatic hydroxyl groups is 1. The number of benzene rings is 1. The van der Waals surface area contributed by atoms with Crippen LogP contribution in [0.25, 0.3) is 0 Å². The molecule has 1 fully saturated rings. The van der Waals surface area contributed by atoms with Crippen LogP contribution in [0.5, 0.6) is 0 Å². The number of aliphatic hydroxyl groups excluding tert-OH is 1. The Bertz CT molecular complexity index is 700. The normalized spacial score (nSPS) is 19.1. The van der Waals surface area contributed by atoms with Gasteiger partial charge in [0, 0.05) is 13.0 Å². The molecule has 1 aliphatic rings. The zero-order valence-electron chi connectivity index (χ0n) is 18.2. The van der Waals surface area contributed by atoms with E-state index in [9.17, 15) is 19.5 Å². The molecule has 9 nitrogen and oxygen atoms in total. The first-order chi connectivity index (χ1) is 14.9. The van der Waals surface area contributed by atoms with Crippen LogP contribution in [0.3, 0.4) is 0 Å². The van der Waals surface area contributed by atoms with Crippen LogP contribution in [-0.2, 0) is 30.6 Å². The van der Waals surface area contributed by atoms with Gasteiger partial charge in [-0.3, -0.25) is 19.2 Å². The van der Waals surface area contributed by atoms with Gasteiger partial charge in [0.2, 0.25) is 18.2 Å². The minimum absolute atomic E-state index is 0.149. The Labute approximate surface area is 183 Å². The van der Waals surface area contributed by atoms with Crippen LogP contribution in [0.1, 0.15) is 45.1 Å². The molecule has 0 aliphatic carbocycles. The molecule has 172 valence electrons. The van der Waals surface area contributed by atoms with Gasteiger partial charge in [-0.15, -0.1) is 0 Å². The van der Waals surface area contributed by atoms with Gasteiger partial charge >= 0.3 is 0 Å². The van der Waals surface area contributed by atoms with Gasteiger partial charge in [-0.05, 0) is 30.7 Å². The van der Waals surface area contributed by atoms with E-state index < -0.39 is 18.4 Å². The van der Waals surface area contributed by atoms with Gasteiger partial charge in [-0.1, -0.05) is 44.2 Å². The van der Waals surface area contributed by atoms with Gasteiger partial charge in [-0.2, -0.15) is 0 Å². The quantitative estimate of drug-likeness (QED) is 0.316. The van der Waals surface area contributed by atoms with Crippen LogP contribution < -0.4 is 10.6 Å². The topological polar surface area (TPSA) is 117 Å². The number of carbonyl (C=O) groups excluding carboxylic acids is 3. The van der Waals surface area contributed by atoms with Crippen LogP contribution in [0.4, 0.5) is 0 Å². The summed E-state index contributed by atoms with van der Waals surface area (Å²) in [4.78, 5) is 41.6. The zero-order valence-corrected chi connectivity index (χ0v) is 18.2. The molecule has 1 aliphatic heterocycles. The average molecular weight is 436 g/mol. The Kier molecular flexibility index (Phi) is 10.4. The fourth-order valence-corrected chi connectivity index (χ4v) is 3.25.